The molecule has 0 bridgehead atoms. The van der Waals surface area contributed by atoms with Crippen LogP contribution in [0, 0.1) is 5.92 Å². The van der Waals surface area contributed by atoms with E-state index in [1.165, 1.54) is 12.8 Å². The first kappa shape index (κ1) is 19.6. The minimum Gasteiger partial charge on any atom is -0.477 e. The summed E-state index contributed by atoms with van der Waals surface area (Å²) in [4.78, 5) is 8.89. The van der Waals surface area contributed by atoms with Crippen LogP contribution in [-0.4, -0.2) is 35.7 Å². The molecule has 146 valence electrons. The van der Waals surface area contributed by atoms with Crippen LogP contribution in [-0.2, 0) is 12.1 Å². The first-order chi connectivity index (χ1) is 13.1. The molecule has 27 heavy (non-hydrogen) atoms. The number of aliphatic imine (C=N–C) groups is 1. The van der Waals surface area contributed by atoms with Crippen molar-refractivity contribution in [3.63, 3.8) is 0 Å². The lowest BCUT2D eigenvalue weighted by Crippen LogP contribution is -2.44. The van der Waals surface area contributed by atoms with Crippen LogP contribution < -0.4 is 15.4 Å². The molecule has 0 aliphatic heterocycles. The summed E-state index contributed by atoms with van der Waals surface area (Å²) in [6.07, 6.45) is 4.28. The van der Waals surface area contributed by atoms with Gasteiger partial charge >= 0.3 is 0 Å². The number of rotatable bonds is 9. The number of hydrogen-bond acceptors (Lipinski definition) is 5. The van der Waals surface area contributed by atoms with Crippen LogP contribution in [0.15, 0.2) is 40.1 Å². The summed E-state index contributed by atoms with van der Waals surface area (Å²) in [5.41, 5.74) is 0.997. The van der Waals surface area contributed by atoms with Crippen molar-refractivity contribution >= 4 is 17.3 Å². The van der Waals surface area contributed by atoms with Crippen molar-refractivity contribution in [2.75, 3.05) is 19.7 Å². The Balaban J connectivity index is 1.57. The predicted octanol–water partition coefficient (Wildman–Crippen LogP) is 2.89. The summed E-state index contributed by atoms with van der Waals surface area (Å²) in [5, 5.41) is 21.0. The molecule has 1 aliphatic carbocycles. The number of nitrogens with zero attached hydrogens (tertiary/aromatic N) is 2. The first-order valence-electron chi connectivity index (χ1n) is 9.42. The van der Waals surface area contributed by atoms with Crippen molar-refractivity contribution in [3.05, 3.63) is 46.3 Å². The Morgan fingerprint density at radius 3 is 2.96 bits per heavy atom. The number of hydrogen-bond donors (Lipinski definition) is 3. The molecule has 1 saturated carbocycles. The fourth-order valence-corrected chi connectivity index (χ4v) is 3.34. The molecular weight excluding hydrogens is 360 g/mol. The third kappa shape index (κ3) is 6.22. The summed E-state index contributed by atoms with van der Waals surface area (Å²) >= 11 is 1.58. The molecule has 1 fully saturated rings. The van der Waals surface area contributed by atoms with E-state index in [2.05, 4.69) is 20.6 Å². The highest BCUT2D eigenvalue weighted by atomic mass is 32.1. The van der Waals surface area contributed by atoms with Crippen molar-refractivity contribution < 1.29 is 9.84 Å². The van der Waals surface area contributed by atoms with Gasteiger partial charge in [0, 0.05) is 18.8 Å². The van der Waals surface area contributed by atoms with Crippen molar-refractivity contribution in [2.45, 2.75) is 38.8 Å². The molecule has 2 heterocycles. The van der Waals surface area contributed by atoms with Crippen LogP contribution in [0.25, 0.3) is 0 Å². The molecule has 1 atom stereocenters. The fraction of sp³-hybridized carbons (Fsp3) is 0.500. The van der Waals surface area contributed by atoms with Gasteiger partial charge in [-0.2, -0.15) is 11.3 Å². The minimum absolute atomic E-state index is 0.377. The van der Waals surface area contributed by atoms with Gasteiger partial charge in [-0.15, -0.1) is 0 Å². The molecule has 3 N–H and O–H groups in total. The van der Waals surface area contributed by atoms with Gasteiger partial charge in [-0.05, 0) is 66.6 Å². The lowest BCUT2D eigenvalue weighted by atomic mass is 9.99. The van der Waals surface area contributed by atoms with Gasteiger partial charge < -0.3 is 20.5 Å². The van der Waals surface area contributed by atoms with E-state index in [1.807, 2.05) is 35.9 Å². The molecule has 2 aromatic rings. The Bertz CT molecular complexity index is 742. The summed E-state index contributed by atoms with van der Waals surface area (Å²) in [7, 11) is 0. The summed E-state index contributed by atoms with van der Waals surface area (Å²) in [6, 6.07) is 5.83. The topological polar surface area (TPSA) is 78.8 Å². The van der Waals surface area contributed by atoms with Crippen LogP contribution >= 0.6 is 11.3 Å². The normalized spacial score (nSPS) is 16.6. The highest BCUT2D eigenvalue weighted by molar-refractivity contribution is 7.08. The zero-order valence-electron chi connectivity index (χ0n) is 15.9. The number of ether oxygens (including phenoxy) is 1. The molecule has 2 aromatic heterocycles. The Morgan fingerprint density at radius 1 is 1.41 bits per heavy atom. The van der Waals surface area contributed by atoms with Gasteiger partial charge in [-0.1, -0.05) is 0 Å². The molecule has 6 nitrogen and oxygen atoms in total. The number of thiophene rings is 1. The van der Waals surface area contributed by atoms with E-state index >= 15 is 0 Å². The quantitative estimate of drug-likeness (QED) is 0.455. The van der Waals surface area contributed by atoms with Crippen LogP contribution in [0.3, 0.4) is 0 Å². The van der Waals surface area contributed by atoms with E-state index in [0.717, 1.165) is 24.3 Å². The second-order valence-corrected chi connectivity index (χ2v) is 7.87. The maximum atomic E-state index is 10.7. The molecule has 0 amide bonds. The van der Waals surface area contributed by atoms with Gasteiger partial charge in [-0.3, -0.25) is 0 Å². The van der Waals surface area contributed by atoms with Crippen molar-refractivity contribution in [1.29, 1.82) is 0 Å². The molecule has 7 heteroatoms. The lowest BCUT2D eigenvalue weighted by Gasteiger charge is -2.24. The van der Waals surface area contributed by atoms with E-state index in [4.69, 9.17) is 4.74 Å². The summed E-state index contributed by atoms with van der Waals surface area (Å²) in [5.74, 6) is 2.03. The molecule has 0 aromatic carbocycles. The number of guanidine groups is 1. The molecule has 1 aliphatic rings. The predicted molar refractivity (Wildman–Crippen MR) is 109 cm³/mol. The highest BCUT2D eigenvalue weighted by Gasteiger charge is 2.24. The molecule has 3 rings (SSSR count). The Labute approximate surface area is 164 Å². The molecule has 0 radical (unpaired) electrons. The first-order valence-corrected chi connectivity index (χ1v) is 10.4. The van der Waals surface area contributed by atoms with Crippen LogP contribution in [0.2, 0.25) is 0 Å². The lowest BCUT2D eigenvalue weighted by molar-refractivity contribution is 0.0621. The third-order valence-electron chi connectivity index (χ3n) is 4.47. The SMILES string of the molecule is CCNC(=NCc1ccnc(OCC2CC2)c1)NCC(C)(O)c1ccsc1. The molecular formula is C20H28N4O2S. The maximum Gasteiger partial charge on any atom is 0.213 e. The van der Waals surface area contributed by atoms with E-state index in [9.17, 15) is 5.11 Å². The Morgan fingerprint density at radius 2 is 2.26 bits per heavy atom. The van der Waals surface area contributed by atoms with Crippen molar-refractivity contribution in [2.24, 2.45) is 10.9 Å². The second kappa shape index (κ2) is 9.19. The van der Waals surface area contributed by atoms with E-state index < -0.39 is 5.60 Å². The van der Waals surface area contributed by atoms with Crippen LogP contribution in [0.5, 0.6) is 5.88 Å². The average molecular weight is 389 g/mol. The van der Waals surface area contributed by atoms with Gasteiger partial charge in [-0.25, -0.2) is 9.98 Å². The van der Waals surface area contributed by atoms with Gasteiger partial charge in [0.1, 0.15) is 5.60 Å². The zero-order valence-corrected chi connectivity index (χ0v) is 16.8. The zero-order chi connectivity index (χ0) is 19.1. The smallest absolute Gasteiger partial charge is 0.213 e. The van der Waals surface area contributed by atoms with Crippen LogP contribution in [0.1, 0.15) is 37.8 Å². The van der Waals surface area contributed by atoms with Crippen molar-refractivity contribution in [3.8, 4) is 5.88 Å². The van der Waals surface area contributed by atoms with E-state index in [0.29, 0.717) is 30.8 Å². The van der Waals surface area contributed by atoms with Gasteiger partial charge in [0.15, 0.2) is 5.96 Å². The standard InChI is InChI=1S/C20H28N4O2S/c1-3-21-19(24-14-20(2,25)17-7-9-27-13-17)23-11-16-6-8-22-18(10-16)26-12-15-4-5-15/h6-10,13,15,25H,3-5,11-12,14H2,1-2H3,(H2,21,23,24). The van der Waals surface area contributed by atoms with Gasteiger partial charge in [0.2, 0.25) is 5.88 Å². The Kier molecular flexibility index (Phi) is 6.68. The maximum absolute atomic E-state index is 10.7. The molecule has 0 saturated heterocycles. The largest absolute Gasteiger partial charge is 0.477 e. The molecule has 0 spiro atoms. The average Bonchev–Trinajstić information content (AvgIpc) is 3.32. The van der Waals surface area contributed by atoms with E-state index in [-0.39, 0.29) is 0 Å². The third-order valence-corrected chi connectivity index (χ3v) is 5.15. The number of pyridine rings is 1. The monoisotopic (exact) mass is 388 g/mol. The van der Waals surface area contributed by atoms with E-state index in [1.54, 1.807) is 24.5 Å². The van der Waals surface area contributed by atoms with Gasteiger partial charge in [0.05, 0.1) is 19.7 Å². The highest BCUT2D eigenvalue weighted by Crippen LogP contribution is 2.29. The fourth-order valence-electron chi connectivity index (χ4n) is 2.56. The van der Waals surface area contributed by atoms with Crippen molar-refractivity contribution in [1.82, 2.24) is 15.6 Å². The van der Waals surface area contributed by atoms with Crippen LogP contribution in [0.4, 0.5) is 0 Å². The van der Waals surface area contributed by atoms with Gasteiger partial charge in [0.25, 0.3) is 0 Å². The number of aliphatic hydroxyl groups is 1. The number of nitrogens with one attached hydrogen (secondary N) is 2. The summed E-state index contributed by atoms with van der Waals surface area (Å²) in [6.45, 7) is 6.21. The Hall–Kier alpha value is -2.12. The molecule has 1 unspecified atom stereocenters. The minimum atomic E-state index is -0.948. The second-order valence-electron chi connectivity index (χ2n) is 7.09. The number of aromatic nitrogens is 1. The summed E-state index contributed by atoms with van der Waals surface area (Å²) < 4.78 is 5.74.